The summed E-state index contributed by atoms with van der Waals surface area (Å²) in [7, 11) is 0. The molecule has 1 saturated carbocycles. The molecule has 0 radical (unpaired) electrons. The number of nitrogens with zero attached hydrogens (tertiary/aromatic N) is 1. The lowest BCUT2D eigenvalue weighted by Gasteiger charge is -2.09. The van der Waals surface area contributed by atoms with E-state index in [-0.39, 0.29) is 13.0 Å². The van der Waals surface area contributed by atoms with Gasteiger partial charge in [0.15, 0.2) is 0 Å². The molecule has 0 unspecified atom stereocenters. The Balaban J connectivity index is 2.38. The van der Waals surface area contributed by atoms with Gasteiger partial charge in [-0.05, 0) is 6.42 Å². The van der Waals surface area contributed by atoms with Crippen LogP contribution in [0.2, 0.25) is 0 Å². The van der Waals surface area contributed by atoms with Crippen LogP contribution in [0.15, 0.2) is 0 Å². The Labute approximate surface area is 70.1 Å². The van der Waals surface area contributed by atoms with Gasteiger partial charge in [0, 0.05) is 13.3 Å². The van der Waals surface area contributed by atoms with E-state index in [2.05, 4.69) is 4.74 Å². The quantitative estimate of drug-likeness (QED) is 0.599. The SMILES string of the molecule is CC(=O)OC[C@@]1(CC#N)C[C@@H]1F. The highest BCUT2D eigenvalue weighted by Crippen LogP contribution is 2.51. The molecular weight excluding hydrogens is 161 g/mol. The first-order chi connectivity index (χ1) is 5.60. The van der Waals surface area contributed by atoms with Crippen LogP contribution >= 0.6 is 0 Å². The predicted octanol–water partition coefficient (Wildman–Crippen LogP) is 1.19. The van der Waals surface area contributed by atoms with Crippen molar-refractivity contribution >= 4 is 5.97 Å². The fourth-order valence-corrected chi connectivity index (χ4v) is 1.08. The molecule has 3 nitrogen and oxygen atoms in total. The van der Waals surface area contributed by atoms with Crippen molar-refractivity contribution < 1.29 is 13.9 Å². The molecule has 1 aliphatic carbocycles. The average Bonchev–Trinajstić information content (AvgIpc) is 2.60. The first kappa shape index (κ1) is 8.98. The lowest BCUT2D eigenvalue weighted by molar-refractivity contribution is -0.143. The molecule has 4 heteroatoms. The summed E-state index contributed by atoms with van der Waals surface area (Å²) in [5.74, 6) is -0.425. The molecule has 0 aromatic rings. The minimum Gasteiger partial charge on any atom is -0.465 e. The molecule has 2 atom stereocenters. The van der Waals surface area contributed by atoms with Gasteiger partial charge in [0.05, 0.1) is 11.5 Å². The number of esters is 1. The van der Waals surface area contributed by atoms with Gasteiger partial charge in [-0.25, -0.2) is 4.39 Å². The van der Waals surface area contributed by atoms with Crippen LogP contribution < -0.4 is 0 Å². The summed E-state index contributed by atoms with van der Waals surface area (Å²) in [5, 5.41) is 8.37. The molecule has 1 fully saturated rings. The maximum absolute atomic E-state index is 12.7. The van der Waals surface area contributed by atoms with Crippen molar-refractivity contribution in [3.8, 4) is 6.07 Å². The smallest absolute Gasteiger partial charge is 0.302 e. The second-order valence-corrected chi connectivity index (χ2v) is 3.15. The molecule has 12 heavy (non-hydrogen) atoms. The van der Waals surface area contributed by atoms with Crippen LogP contribution in [-0.4, -0.2) is 18.7 Å². The number of hydrogen-bond acceptors (Lipinski definition) is 3. The first-order valence-electron chi connectivity index (χ1n) is 3.75. The normalized spacial score (nSPS) is 32.2. The molecule has 1 rings (SSSR count). The van der Waals surface area contributed by atoms with Gasteiger partial charge in [-0.2, -0.15) is 5.26 Å². The average molecular weight is 171 g/mol. The zero-order chi connectivity index (χ0) is 9.19. The minimum absolute atomic E-state index is 0.0388. The molecule has 0 aromatic heterocycles. The summed E-state index contributed by atoms with van der Waals surface area (Å²) in [6, 6.07) is 1.89. The highest BCUT2D eigenvalue weighted by molar-refractivity contribution is 5.66. The number of ether oxygens (including phenoxy) is 1. The molecular formula is C8H10FNO2. The molecule has 0 bridgehead atoms. The third-order valence-electron chi connectivity index (χ3n) is 2.08. The van der Waals surface area contributed by atoms with Crippen LogP contribution in [0.1, 0.15) is 19.8 Å². The van der Waals surface area contributed by atoms with Crippen LogP contribution in [0.3, 0.4) is 0 Å². The number of carbonyl (C=O) groups is 1. The van der Waals surface area contributed by atoms with Gasteiger partial charge in [-0.15, -0.1) is 0 Å². The lowest BCUT2D eigenvalue weighted by atomic mass is 10.1. The predicted molar refractivity (Wildman–Crippen MR) is 38.8 cm³/mol. The van der Waals surface area contributed by atoms with E-state index in [4.69, 9.17) is 5.26 Å². The van der Waals surface area contributed by atoms with E-state index in [1.807, 2.05) is 6.07 Å². The van der Waals surface area contributed by atoms with Gasteiger partial charge >= 0.3 is 5.97 Å². The zero-order valence-corrected chi connectivity index (χ0v) is 6.84. The van der Waals surface area contributed by atoms with Crippen molar-refractivity contribution in [2.24, 2.45) is 5.41 Å². The molecule has 0 spiro atoms. The molecule has 0 heterocycles. The molecule has 0 amide bonds. The number of hydrogen-bond donors (Lipinski definition) is 0. The zero-order valence-electron chi connectivity index (χ0n) is 6.84. The van der Waals surface area contributed by atoms with Gasteiger partial charge in [-0.1, -0.05) is 0 Å². The third kappa shape index (κ3) is 1.73. The van der Waals surface area contributed by atoms with Gasteiger partial charge in [-0.3, -0.25) is 4.79 Å². The van der Waals surface area contributed by atoms with E-state index in [1.54, 1.807) is 0 Å². The van der Waals surface area contributed by atoms with E-state index >= 15 is 0 Å². The van der Waals surface area contributed by atoms with E-state index in [1.165, 1.54) is 6.92 Å². The third-order valence-corrected chi connectivity index (χ3v) is 2.08. The summed E-state index contributed by atoms with van der Waals surface area (Å²) >= 11 is 0. The maximum atomic E-state index is 12.7. The maximum Gasteiger partial charge on any atom is 0.302 e. The summed E-state index contributed by atoms with van der Waals surface area (Å²) in [6.07, 6.45) is -0.508. The van der Waals surface area contributed by atoms with Gasteiger partial charge in [0.2, 0.25) is 0 Å². The summed E-state index contributed by atoms with van der Waals surface area (Å²) in [5.41, 5.74) is -0.680. The van der Waals surface area contributed by atoms with Crippen LogP contribution in [0.25, 0.3) is 0 Å². The van der Waals surface area contributed by atoms with Crippen molar-refractivity contribution in [3.05, 3.63) is 0 Å². The Morgan fingerprint density at radius 2 is 2.50 bits per heavy atom. The second-order valence-electron chi connectivity index (χ2n) is 3.15. The summed E-state index contributed by atoms with van der Waals surface area (Å²) in [6.45, 7) is 1.31. The molecule has 66 valence electrons. The standard InChI is InChI=1S/C8H10FNO2/c1-6(11)12-5-8(2-3-10)4-7(8)9/h7H,2,4-5H2,1H3/t7-,8+/m0/s1. The van der Waals surface area contributed by atoms with Crippen molar-refractivity contribution in [1.82, 2.24) is 0 Å². The van der Waals surface area contributed by atoms with Crippen molar-refractivity contribution in [3.63, 3.8) is 0 Å². The van der Waals surface area contributed by atoms with Gasteiger partial charge in [0.1, 0.15) is 12.8 Å². The van der Waals surface area contributed by atoms with Crippen LogP contribution in [-0.2, 0) is 9.53 Å². The number of halogens is 1. The molecule has 1 aliphatic rings. The van der Waals surface area contributed by atoms with E-state index in [0.29, 0.717) is 6.42 Å². The van der Waals surface area contributed by atoms with Crippen LogP contribution in [0.4, 0.5) is 4.39 Å². The number of alkyl halides is 1. The van der Waals surface area contributed by atoms with E-state index in [9.17, 15) is 9.18 Å². The molecule has 0 N–H and O–H groups in total. The van der Waals surface area contributed by atoms with Crippen molar-refractivity contribution in [1.29, 1.82) is 5.26 Å². The second kappa shape index (κ2) is 3.10. The Hall–Kier alpha value is -1.11. The topological polar surface area (TPSA) is 50.1 Å². The van der Waals surface area contributed by atoms with Gasteiger partial charge < -0.3 is 4.74 Å². The Morgan fingerprint density at radius 1 is 1.92 bits per heavy atom. The van der Waals surface area contributed by atoms with Crippen LogP contribution in [0, 0.1) is 16.7 Å². The first-order valence-corrected chi connectivity index (χ1v) is 3.75. The lowest BCUT2D eigenvalue weighted by Crippen LogP contribution is -2.15. The van der Waals surface area contributed by atoms with Gasteiger partial charge in [0.25, 0.3) is 0 Å². The van der Waals surface area contributed by atoms with Crippen molar-refractivity contribution in [2.75, 3.05) is 6.61 Å². The van der Waals surface area contributed by atoms with E-state index < -0.39 is 17.6 Å². The van der Waals surface area contributed by atoms with Crippen LogP contribution in [0.5, 0.6) is 0 Å². The highest BCUT2D eigenvalue weighted by Gasteiger charge is 2.56. The largest absolute Gasteiger partial charge is 0.465 e. The highest BCUT2D eigenvalue weighted by atomic mass is 19.1. The fourth-order valence-electron chi connectivity index (χ4n) is 1.08. The van der Waals surface area contributed by atoms with E-state index in [0.717, 1.165) is 0 Å². The Bertz CT molecular complexity index is 236. The number of nitriles is 1. The fraction of sp³-hybridized carbons (Fsp3) is 0.750. The molecule has 0 saturated heterocycles. The summed E-state index contributed by atoms with van der Waals surface area (Å²) in [4.78, 5) is 10.4. The Morgan fingerprint density at radius 3 is 2.83 bits per heavy atom. The Kier molecular flexibility index (Phi) is 2.32. The molecule has 0 aliphatic heterocycles. The minimum atomic E-state index is -0.975. The number of rotatable bonds is 3. The summed E-state index contributed by atoms with van der Waals surface area (Å²) < 4.78 is 17.4. The number of carbonyl (C=O) groups excluding carboxylic acids is 1. The van der Waals surface area contributed by atoms with Crippen molar-refractivity contribution in [2.45, 2.75) is 25.9 Å². The molecule has 0 aromatic carbocycles. The monoisotopic (exact) mass is 171 g/mol.